The molecule has 2 aromatic carbocycles. The standard InChI is InChI=1S/C25H32N4O/c1-3-7-24(23-8-5-4-6-9-23)27-25(30)20(2)29-16-14-28(15-17-29)19-22-12-10-21(18-26)11-13-22/h4-6,8-13,20,24H,3,7,14-17,19H2,1-2H3,(H,27,30)/p+2/t20-,24-/m1/s1. The van der Waals surface area contributed by atoms with E-state index in [1.54, 1.807) is 4.90 Å². The van der Waals surface area contributed by atoms with E-state index in [0.29, 0.717) is 5.56 Å². The molecule has 1 aliphatic rings. The van der Waals surface area contributed by atoms with Crippen LogP contribution in [0.4, 0.5) is 0 Å². The van der Waals surface area contributed by atoms with Gasteiger partial charge in [-0.25, -0.2) is 0 Å². The van der Waals surface area contributed by atoms with Gasteiger partial charge < -0.3 is 15.1 Å². The molecule has 3 N–H and O–H groups in total. The van der Waals surface area contributed by atoms with Crippen molar-refractivity contribution in [3.05, 3.63) is 71.3 Å². The number of piperazine rings is 1. The molecule has 158 valence electrons. The monoisotopic (exact) mass is 406 g/mol. The second-order valence-corrected chi connectivity index (χ2v) is 8.38. The lowest BCUT2D eigenvalue weighted by Crippen LogP contribution is -3.29. The van der Waals surface area contributed by atoms with Gasteiger partial charge in [0.15, 0.2) is 6.04 Å². The lowest BCUT2D eigenvalue weighted by atomic mass is 10.0. The van der Waals surface area contributed by atoms with E-state index in [9.17, 15) is 4.79 Å². The molecule has 1 saturated heterocycles. The van der Waals surface area contributed by atoms with Gasteiger partial charge in [-0.15, -0.1) is 0 Å². The Kier molecular flexibility index (Phi) is 8.01. The molecular formula is C25H34N4O+2. The van der Waals surface area contributed by atoms with Crippen molar-refractivity contribution in [2.75, 3.05) is 26.2 Å². The largest absolute Gasteiger partial charge is 0.344 e. The number of hydrogen-bond donors (Lipinski definition) is 3. The Balaban J connectivity index is 1.50. The van der Waals surface area contributed by atoms with Crippen molar-refractivity contribution in [2.45, 2.75) is 45.3 Å². The van der Waals surface area contributed by atoms with Crippen LogP contribution in [0.3, 0.4) is 0 Å². The predicted octanol–water partition coefficient (Wildman–Crippen LogP) is 0.888. The number of nitrogens with one attached hydrogen (secondary N) is 3. The first-order chi connectivity index (χ1) is 14.6. The number of nitrogens with zero attached hydrogens (tertiary/aromatic N) is 1. The average Bonchev–Trinajstić information content (AvgIpc) is 2.80. The number of benzene rings is 2. The zero-order valence-electron chi connectivity index (χ0n) is 18.2. The molecule has 1 fully saturated rings. The van der Waals surface area contributed by atoms with Crippen LogP contribution >= 0.6 is 0 Å². The Bertz CT molecular complexity index is 836. The Morgan fingerprint density at radius 3 is 2.33 bits per heavy atom. The van der Waals surface area contributed by atoms with Crippen LogP contribution in [0.1, 0.15) is 49.4 Å². The number of rotatable bonds is 8. The summed E-state index contributed by atoms with van der Waals surface area (Å²) in [6, 6.07) is 20.4. The van der Waals surface area contributed by atoms with Crippen LogP contribution in [0.15, 0.2) is 54.6 Å². The summed E-state index contributed by atoms with van der Waals surface area (Å²) in [7, 11) is 0. The number of carbonyl (C=O) groups excluding carboxylic acids is 1. The minimum Gasteiger partial charge on any atom is -0.344 e. The SMILES string of the molecule is CCC[C@@H](NC(=O)[C@@H](C)[NH+]1CC[NH+](Cc2ccc(C#N)cc2)CC1)c1ccccc1. The third-order valence-electron chi connectivity index (χ3n) is 6.24. The van der Waals surface area contributed by atoms with Crippen molar-refractivity contribution in [2.24, 2.45) is 0 Å². The zero-order chi connectivity index (χ0) is 21.3. The van der Waals surface area contributed by atoms with Gasteiger partial charge in [0, 0.05) is 5.56 Å². The second kappa shape index (κ2) is 10.9. The molecule has 1 aliphatic heterocycles. The number of nitriles is 1. The maximum atomic E-state index is 13.0. The topological polar surface area (TPSA) is 61.8 Å². The Morgan fingerprint density at radius 2 is 1.73 bits per heavy atom. The molecule has 0 bridgehead atoms. The molecule has 5 nitrogen and oxygen atoms in total. The zero-order valence-corrected chi connectivity index (χ0v) is 18.2. The Hall–Kier alpha value is -2.68. The van der Waals surface area contributed by atoms with Crippen LogP contribution < -0.4 is 15.1 Å². The van der Waals surface area contributed by atoms with E-state index in [1.807, 2.05) is 30.3 Å². The van der Waals surface area contributed by atoms with Crippen molar-refractivity contribution in [1.82, 2.24) is 5.32 Å². The van der Waals surface area contributed by atoms with Crippen molar-refractivity contribution in [3.8, 4) is 6.07 Å². The molecule has 3 rings (SSSR count). The molecule has 0 saturated carbocycles. The molecule has 0 aliphatic carbocycles. The third-order valence-corrected chi connectivity index (χ3v) is 6.24. The molecule has 1 amide bonds. The maximum absolute atomic E-state index is 13.0. The van der Waals surface area contributed by atoms with Crippen LogP contribution in [0, 0.1) is 11.3 Å². The van der Waals surface area contributed by atoms with Crippen molar-refractivity contribution < 1.29 is 14.6 Å². The number of quaternary nitrogens is 2. The van der Waals surface area contributed by atoms with Crippen LogP contribution in [-0.2, 0) is 11.3 Å². The van der Waals surface area contributed by atoms with Crippen molar-refractivity contribution in [1.29, 1.82) is 5.26 Å². The van der Waals surface area contributed by atoms with Gasteiger partial charge in [0.2, 0.25) is 0 Å². The van der Waals surface area contributed by atoms with Gasteiger partial charge in [0.25, 0.3) is 5.91 Å². The number of hydrogen-bond acceptors (Lipinski definition) is 2. The highest BCUT2D eigenvalue weighted by molar-refractivity contribution is 5.80. The summed E-state index contributed by atoms with van der Waals surface area (Å²) >= 11 is 0. The minimum absolute atomic E-state index is 0.0375. The molecule has 2 aromatic rings. The second-order valence-electron chi connectivity index (χ2n) is 8.38. The van der Waals surface area contributed by atoms with Crippen molar-refractivity contribution >= 4 is 5.91 Å². The van der Waals surface area contributed by atoms with Gasteiger partial charge in [0.1, 0.15) is 32.7 Å². The van der Waals surface area contributed by atoms with E-state index >= 15 is 0 Å². The summed E-state index contributed by atoms with van der Waals surface area (Å²) in [6.45, 7) is 9.32. The molecule has 2 atom stereocenters. The number of carbonyl (C=O) groups is 1. The molecule has 0 aromatic heterocycles. The van der Waals surface area contributed by atoms with E-state index in [0.717, 1.165) is 45.6 Å². The molecule has 0 spiro atoms. The normalized spacial score (nSPS) is 20.7. The highest BCUT2D eigenvalue weighted by Gasteiger charge is 2.32. The molecule has 5 heteroatoms. The molecule has 0 radical (unpaired) electrons. The van der Waals surface area contributed by atoms with Gasteiger partial charge in [-0.05, 0) is 31.0 Å². The van der Waals surface area contributed by atoms with Gasteiger partial charge in [-0.1, -0.05) is 55.8 Å². The summed E-state index contributed by atoms with van der Waals surface area (Å²) < 4.78 is 0. The Morgan fingerprint density at radius 1 is 1.07 bits per heavy atom. The summed E-state index contributed by atoms with van der Waals surface area (Å²) in [6.07, 6.45) is 2.00. The third kappa shape index (κ3) is 5.91. The van der Waals surface area contributed by atoms with Crippen LogP contribution in [0.2, 0.25) is 0 Å². The summed E-state index contributed by atoms with van der Waals surface area (Å²) in [5.74, 6) is 0.155. The fourth-order valence-corrected chi connectivity index (χ4v) is 4.30. The first-order valence-corrected chi connectivity index (χ1v) is 11.1. The number of amides is 1. The fraction of sp³-hybridized carbons (Fsp3) is 0.440. The maximum Gasteiger partial charge on any atom is 0.278 e. The van der Waals surface area contributed by atoms with Gasteiger partial charge in [-0.2, -0.15) is 5.26 Å². The molecular weight excluding hydrogens is 372 g/mol. The summed E-state index contributed by atoms with van der Waals surface area (Å²) in [5.41, 5.74) is 3.16. The van der Waals surface area contributed by atoms with Crippen LogP contribution in [-0.4, -0.2) is 38.1 Å². The quantitative estimate of drug-likeness (QED) is 0.610. The first kappa shape index (κ1) is 22.0. The van der Waals surface area contributed by atoms with E-state index < -0.39 is 0 Å². The van der Waals surface area contributed by atoms with Gasteiger partial charge >= 0.3 is 0 Å². The summed E-state index contributed by atoms with van der Waals surface area (Å²) in [4.78, 5) is 15.9. The molecule has 30 heavy (non-hydrogen) atoms. The van der Waals surface area contributed by atoms with Gasteiger partial charge in [0.05, 0.1) is 17.7 Å². The lowest BCUT2D eigenvalue weighted by molar-refractivity contribution is -1.02. The molecule has 0 unspecified atom stereocenters. The minimum atomic E-state index is -0.0375. The van der Waals surface area contributed by atoms with Crippen LogP contribution in [0.25, 0.3) is 0 Å². The van der Waals surface area contributed by atoms with Crippen molar-refractivity contribution in [3.63, 3.8) is 0 Å². The van der Waals surface area contributed by atoms with E-state index in [4.69, 9.17) is 5.26 Å². The average molecular weight is 407 g/mol. The van der Waals surface area contributed by atoms with E-state index in [-0.39, 0.29) is 18.0 Å². The first-order valence-electron chi connectivity index (χ1n) is 11.1. The predicted molar refractivity (Wildman–Crippen MR) is 118 cm³/mol. The molecule has 1 heterocycles. The highest BCUT2D eigenvalue weighted by Crippen LogP contribution is 2.18. The fourth-order valence-electron chi connectivity index (χ4n) is 4.30. The summed E-state index contributed by atoms with van der Waals surface area (Å²) in [5, 5.41) is 12.2. The highest BCUT2D eigenvalue weighted by atomic mass is 16.2. The van der Waals surface area contributed by atoms with E-state index in [2.05, 4.69) is 49.5 Å². The van der Waals surface area contributed by atoms with Gasteiger partial charge in [-0.3, -0.25) is 4.79 Å². The van der Waals surface area contributed by atoms with Crippen LogP contribution in [0.5, 0.6) is 0 Å². The van der Waals surface area contributed by atoms with E-state index in [1.165, 1.54) is 16.0 Å². The smallest absolute Gasteiger partial charge is 0.278 e. The lowest BCUT2D eigenvalue weighted by Gasteiger charge is -2.33. The Labute approximate surface area is 180 Å².